The highest BCUT2D eigenvalue weighted by Crippen LogP contribution is 2.56. The van der Waals surface area contributed by atoms with Crippen molar-refractivity contribution in [3.63, 3.8) is 0 Å². The number of hydrogen-bond acceptors (Lipinski definition) is 0. The van der Waals surface area contributed by atoms with E-state index < -0.39 is 5.41 Å². The van der Waals surface area contributed by atoms with Crippen LogP contribution in [0.1, 0.15) is 40.2 Å². The summed E-state index contributed by atoms with van der Waals surface area (Å²) in [6.45, 7) is 0. The first-order valence-electron chi connectivity index (χ1n) is 22.1. The molecule has 9 aromatic carbocycles. The lowest BCUT2D eigenvalue weighted by Crippen LogP contribution is -2.28. The molecule has 2 aliphatic rings. The topological polar surface area (TPSA) is 9.86 Å². The highest BCUT2D eigenvalue weighted by Gasteiger charge is 2.45. The number of para-hydroxylation sites is 4. The molecular weight excluding hydrogens is 761 g/mol. The van der Waals surface area contributed by atoms with Crippen molar-refractivity contribution in [2.24, 2.45) is 0 Å². The van der Waals surface area contributed by atoms with E-state index in [1.54, 1.807) is 0 Å². The molecule has 0 fully saturated rings. The van der Waals surface area contributed by atoms with Gasteiger partial charge in [-0.25, -0.2) is 0 Å². The summed E-state index contributed by atoms with van der Waals surface area (Å²) in [6.07, 6.45) is 8.09. The zero-order chi connectivity index (χ0) is 41.5. The van der Waals surface area contributed by atoms with Gasteiger partial charge >= 0.3 is 0 Å². The first kappa shape index (κ1) is 35.8. The van der Waals surface area contributed by atoms with Gasteiger partial charge in [-0.15, -0.1) is 0 Å². The summed E-state index contributed by atoms with van der Waals surface area (Å²) in [5.74, 6) is 0.301. The molecular formula is C61H42N2. The molecule has 2 aliphatic carbocycles. The average molecular weight is 803 g/mol. The summed E-state index contributed by atoms with van der Waals surface area (Å²) < 4.78 is 4.81. The van der Waals surface area contributed by atoms with Gasteiger partial charge in [0.25, 0.3) is 0 Å². The Hall–Kier alpha value is -7.94. The van der Waals surface area contributed by atoms with Crippen molar-refractivity contribution in [2.45, 2.75) is 17.8 Å². The smallest absolute Gasteiger partial charge is 0.0713 e. The van der Waals surface area contributed by atoms with Gasteiger partial charge in [0, 0.05) is 38.8 Å². The van der Waals surface area contributed by atoms with Crippen LogP contribution < -0.4 is 0 Å². The minimum absolute atomic E-state index is 0.301. The number of hydrogen-bond donors (Lipinski definition) is 0. The van der Waals surface area contributed by atoms with Crippen molar-refractivity contribution in [1.82, 2.24) is 9.13 Å². The van der Waals surface area contributed by atoms with E-state index in [4.69, 9.17) is 0 Å². The number of fused-ring (bicyclic) bond motifs is 9. The van der Waals surface area contributed by atoms with Crippen molar-refractivity contribution >= 4 is 49.3 Å². The third kappa shape index (κ3) is 5.31. The summed E-state index contributed by atoms with van der Waals surface area (Å²) in [5, 5.41) is 5.15. The van der Waals surface area contributed by atoms with Crippen LogP contribution in [-0.2, 0) is 5.41 Å². The number of nitrogens with zero attached hydrogens (tertiary/aromatic N) is 2. The van der Waals surface area contributed by atoms with Crippen LogP contribution in [0.2, 0.25) is 0 Å². The molecule has 2 aromatic heterocycles. The third-order valence-electron chi connectivity index (χ3n) is 14.0. The van der Waals surface area contributed by atoms with E-state index in [2.05, 4.69) is 246 Å². The van der Waals surface area contributed by atoms with Gasteiger partial charge in [0.15, 0.2) is 0 Å². The predicted molar refractivity (Wildman–Crippen MR) is 264 cm³/mol. The molecule has 0 N–H and O–H groups in total. The average Bonchev–Trinajstić information content (AvgIpc) is 3.99. The van der Waals surface area contributed by atoms with E-state index in [9.17, 15) is 0 Å². The van der Waals surface area contributed by atoms with Crippen LogP contribution >= 0.6 is 0 Å². The quantitative estimate of drug-likeness (QED) is 0.158. The molecule has 0 radical (unpaired) electrons. The molecule has 13 rings (SSSR count). The fourth-order valence-electron chi connectivity index (χ4n) is 11.1. The van der Waals surface area contributed by atoms with Gasteiger partial charge in [-0.1, -0.05) is 194 Å². The van der Waals surface area contributed by atoms with Crippen LogP contribution in [0.25, 0.3) is 77.2 Å². The summed E-state index contributed by atoms with van der Waals surface area (Å²) >= 11 is 0. The van der Waals surface area contributed by atoms with Gasteiger partial charge in [-0.05, 0) is 99.0 Å². The van der Waals surface area contributed by atoms with Gasteiger partial charge < -0.3 is 9.13 Å². The van der Waals surface area contributed by atoms with Crippen molar-refractivity contribution in [1.29, 1.82) is 0 Å². The Morgan fingerprint density at radius 2 is 0.794 bits per heavy atom. The maximum atomic E-state index is 2.42. The Kier molecular flexibility index (Phi) is 7.98. The molecule has 2 heteroatoms. The third-order valence-corrected chi connectivity index (χ3v) is 14.0. The second kappa shape index (κ2) is 14.1. The van der Waals surface area contributed by atoms with Crippen LogP contribution in [0.3, 0.4) is 0 Å². The lowest BCUT2D eigenvalue weighted by Gasteiger charge is -2.34. The van der Waals surface area contributed by atoms with Crippen LogP contribution in [-0.4, -0.2) is 9.13 Å². The Bertz CT molecular complexity index is 3480. The lowest BCUT2D eigenvalue weighted by molar-refractivity contribution is 0.765. The molecule has 0 aliphatic heterocycles. The highest BCUT2D eigenvalue weighted by molar-refractivity contribution is 6.11. The van der Waals surface area contributed by atoms with Crippen LogP contribution in [0.5, 0.6) is 0 Å². The molecule has 0 spiro atoms. The molecule has 0 amide bonds. The predicted octanol–water partition coefficient (Wildman–Crippen LogP) is 15.5. The highest BCUT2D eigenvalue weighted by atomic mass is 15.0. The van der Waals surface area contributed by atoms with Gasteiger partial charge in [0.05, 0.1) is 27.5 Å². The minimum Gasteiger partial charge on any atom is -0.310 e. The second-order valence-electron chi connectivity index (χ2n) is 17.2. The Labute approximate surface area is 367 Å². The molecule has 11 aromatic rings. The van der Waals surface area contributed by atoms with E-state index in [1.807, 2.05) is 0 Å². The van der Waals surface area contributed by atoms with Crippen molar-refractivity contribution in [3.05, 3.63) is 264 Å². The molecule has 2 nitrogen and oxygen atoms in total. The number of allylic oxidation sites excluding steroid dienone is 4. The summed E-state index contributed by atoms with van der Waals surface area (Å²) in [6, 6.07) is 80.9. The van der Waals surface area contributed by atoms with Crippen LogP contribution in [0, 0.1) is 0 Å². The maximum Gasteiger partial charge on any atom is 0.0713 e. The molecule has 296 valence electrons. The molecule has 1 unspecified atom stereocenters. The first-order valence-corrected chi connectivity index (χ1v) is 22.1. The van der Waals surface area contributed by atoms with Gasteiger partial charge in [-0.2, -0.15) is 0 Å². The minimum atomic E-state index is -0.462. The number of rotatable bonds is 6. The molecule has 0 bridgehead atoms. The SMILES string of the molecule is C1=CC(c2ccc(C3(c4ccc(-c5ccc(-n6c7ccccc7c7ccccc76)cc5)cc4)c4ccccc4-c4ccccc43)cc2)CC=C1n1c2ccccc2c2ccccc21. The number of aromatic nitrogens is 2. The van der Waals surface area contributed by atoms with Crippen LogP contribution in [0.4, 0.5) is 0 Å². The van der Waals surface area contributed by atoms with E-state index in [0.717, 1.165) is 12.1 Å². The molecule has 1 atom stereocenters. The zero-order valence-electron chi connectivity index (χ0n) is 34.7. The standard InChI is InChI=1S/C61H42N2/c1-7-19-55-49(13-1)50-14-2-8-20-56(50)61(55,45-33-25-41(26-34-45)43-29-37-47(38-30-43)62-57-21-9-3-15-51(57)52-16-4-10-22-58(52)62)46-35-27-42(28-36-46)44-31-39-48(40-32-44)63-59-23-11-5-17-53(59)54-18-6-12-24-60(54)63/h1-31,33-40,44H,32H2. The fourth-order valence-corrected chi connectivity index (χ4v) is 11.1. The van der Waals surface area contributed by atoms with Crippen molar-refractivity contribution in [2.75, 3.05) is 0 Å². The van der Waals surface area contributed by atoms with Gasteiger partial charge in [0.2, 0.25) is 0 Å². The van der Waals surface area contributed by atoms with Crippen molar-refractivity contribution < 1.29 is 0 Å². The Balaban J connectivity index is 0.856. The van der Waals surface area contributed by atoms with Gasteiger partial charge in [-0.3, -0.25) is 0 Å². The van der Waals surface area contributed by atoms with Crippen molar-refractivity contribution in [3.8, 4) is 27.9 Å². The van der Waals surface area contributed by atoms with E-state index in [0.29, 0.717) is 5.92 Å². The Morgan fingerprint density at radius 1 is 0.381 bits per heavy atom. The Morgan fingerprint density at radius 3 is 1.27 bits per heavy atom. The molecule has 0 saturated carbocycles. The van der Waals surface area contributed by atoms with Gasteiger partial charge in [0.1, 0.15) is 0 Å². The molecule has 63 heavy (non-hydrogen) atoms. The maximum absolute atomic E-state index is 2.42. The second-order valence-corrected chi connectivity index (χ2v) is 17.2. The monoisotopic (exact) mass is 802 g/mol. The fraction of sp³-hybridized carbons (Fsp3) is 0.0492. The molecule has 0 saturated heterocycles. The van der Waals surface area contributed by atoms with E-state index in [1.165, 1.54) is 99.4 Å². The largest absolute Gasteiger partial charge is 0.310 e. The van der Waals surface area contributed by atoms with Crippen LogP contribution in [0.15, 0.2) is 237 Å². The summed E-state index contributed by atoms with van der Waals surface area (Å²) in [7, 11) is 0. The van der Waals surface area contributed by atoms with E-state index in [-0.39, 0.29) is 0 Å². The summed E-state index contributed by atoms with van der Waals surface area (Å²) in [4.78, 5) is 0. The van der Waals surface area contributed by atoms with E-state index >= 15 is 0 Å². The zero-order valence-corrected chi connectivity index (χ0v) is 34.7. The summed E-state index contributed by atoms with van der Waals surface area (Å²) in [5.41, 5.74) is 18.5. The number of benzene rings is 9. The first-order chi connectivity index (χ1) is 31.3. The lowest BCUT2D eigenvalue weighted by atomic mass is 9.67. The molecule has 2 heterocycles. The normalized spacial score (nSPS) is 15.2.